The Morgan fingerprint density at radius 3 is 2.80 bits per heavy atom. The molecule has 1 aliphatic heterocycles. The highest BCUT2D eigenvalue weighted by Crippen LogP contribution is 2.22. The number of aliphatic hydroxyl groups is 1. The standard InChI is InChI=1S/C24H29NO4S/c26-22(17-18-7-8-19-4-1-2-5-20(19)16-18)11-9-21-10-12-23(27)25(21)13-15-30-14-3-6-24(28)29/h1-2,4-5,7-9,11,16,21-22,26H,3,6,10,12-15,17H2,(H,28,29)/b11-9+/t21-,22+/m0/s1. The van der Waals surface area contributed by atoms with Gasteiger partial charge in [-0.2, -0.15) is 11.8 Å². The molecule has 2 aromatic carbocycles. The van der Waals surface area contributed by atoms with E-state index in [0.717, 1.165) is 23.5 Å². The second kappa shape index (κ2) is 11.2. The summed E-state index contributed by atoms with van der Waals surface area (Å²) in [5.41, 5.74) is 1.09. The molecule has 30 heavy (non-hydrogen) atoms. The van der Waals surface area contributed by atoms with Crippen LogP contribution >= 0.6 is 11.8 Å². The summed E-state index contributed by atoms with van der Waals surface area (Å²) in [6.45, 7) is 0.659. The number of carbonyl (C=O) groups is 2. The van der Waals surface area contributed by atoms with Crippen molar-refractivity contribution in [1.82, 2.24) is 4.90 Å². The third-order valence-electron chi connectivity index (χ3n) is 5.34. The largest absolute Gasteiger partial charge is 0.481 e. The first kappa shape index (κ1) is 22.4. The van der Waals surface area contributed by atoms with Crippen molar-refractivity contribution in [2.45, 2.75) is 44.2 Å². The molecule has 0 spiro atoms. The maximum Gasteiger partial charge on any atom is 0.303 e. The van der Waals surface area contributed by atoms with E-state index in [1.165, 1.54) is 10.8 Å². The number of carbonyl (C=O) groups excluding carboxylic acids is 1. The van der Waals surface area contributed by atoms with E-state index in [2.05, 4.69) is 24.3 Å². The summed E-state index contributed by atoms with van der Waals surface area (Å²) < 4.78 is 0. The van der Waals surface area contributed by atoms with Gasteiger partial charge in [-0.25, -0.2) is 0 Å². The number of rotatable bonds is 11. The zero-order valence-corrected chi connectivity index (χ0v) is 17.9. The van der Waals surface area contributed by atoms with Gasteiger partial charge in [0.15, 0.2) is 0 Å². The molecule has 1 aliphatic rings. The Balaban J connectivity index is 1.47. The van der Waals surface area contributed by atoms with Crippen molar-refractivity contribution in [3.05, 3.63) is 60.2 Å². The Hall–Kier alpha value is -2.31. The molecule has 0 aromatic heterocycles. The van der Waals surface area contributed by atoms with E-state index < -0.39 is 12.1 Å². The van der Waals surface area contributed by atoms with Crippen LogP contribution in [0.3, 0.4) is 0 Å². The van der Waals surface area contributed by atoms with Crippen LogP contribution in [0.25, 0.3) is 10.8 Å². The van der Waals surface area contributed by atoms with Crippen LogP contribution in [0.2, 0.25) is 0 Å². The molecule has 3 rings (SSSR count). The maximum absolute atomic E-state index is 12.2. The minimum atomic E-state index is -0.766. The highest BCUT2D eigenvalue weighted by Gasteiger charge is 2.28. The van der Waals surface area contributed by atoms with Crippen LogP contribution in [-0.4, -0.2) is 57.2 Å². The molecule has 0 radical (unpaired) electrons. The van der Waals surface area contributed by atoms with E-state index in [0.29, 0.717) is 25.8 Å². The number of benzene rings is 2. The van der Waals surface area contributed by atoms with E-state index in [-0.39, 0.29) is 18.4 Å². The van der Waals surface area contributed by atoms with Gasteiger partial charge in [0.05, 0.1) is 12.1 Å². The molecule has 1 amide bonds. The van der Waals surface area contributed by atoms with Gasteiger partial charge in [0.1, 0.15) is 0 Å². The third-order valence-corrected chi connectivity index (χ3v) is 6.39. The molecule has 0 bridgehead atoms. The first-order chi connectivity index (χ1) is 14.5. The van der Waals surface area contributed by atoms with Gasteiger partial charge in [-0.05, 0) is 34.9 Å². The molecule has 1 heterocycles. The Morgan fingerprint density at radius 2 is 2.00 bits per heavy atom. The molecule has 2 N–H and O–H groups in total. The van der Waals surface area contributed by atoms with Crippen molar-refractivity contribution in [3.8, 4) is 0 Å². The highest BCUT2D eigenvalue weighted by molar-refractivity contribution is 7.99. The summed E-state index contributed by atoms with van der Waals surface area (Å²) in [7, 11) is 0. The van der Waals surface area contributed by atoms with Crippen molar-refractivity contribution >= 4 is 34.4 Å². The quantitative estimate of drug-likeness (QED) is 0.420. The van der Waals surface area contributed by atoms with Gasteiger partial charge >= 0.3 is 5.97 Å². The number of amides is 1. The summed E-state index contributed by atoms with van der Waals surface area (Å²) in [6, 6.07) is 14.4. The Labute approximate surface area is 181 Å². The minimum absolute atomic E-state index is 0.0309. The number of likely N-dealkylation sites (tertiary alicyclic amines) is 1. The molecule has 5 nitrogen and oxygen atoms in total. The third kappa shape index (κ3) is 6.61. The first-order valence-electron chi connectivity index (χ1n) is 10.5. The number of carboxylic acid groups (broad SMARTS) is 1. The SMILES string of the molecule is O=C(O)CCCSCCN1C(=O)CC[C@@H]1/C=C/[C@@H](O)Cc1ccc2ccccc2c1. The Bertz CT molecular complexity index is 898. The normalized spacial score (nSPS) is 17.8. The van der Waals surface area contributed by atoms with Crippen molar-refractivity contribution in [3.63, 3.8) is 0 Å². The van der Waals surface area contributed by atoms with Gasteiger partial charge in [0.2, 0.25) is 5.91 Å². The average Bonchev–Trinajstić information content (AvgIpc) is 3.08. The fourth-order valence-electron chi connectivity index (χ4n) is 3.77. The molecule has 0 aliphatic carbocycles. The van der Waals surface area contributed by atoms with Gasteiger partial charge in [0, 0.05) is 31.6 Å². The van der Waals surface area contributed by atoms with Gasteiger partial charge in [0.25, 0.3) is 0 Å². The fourth-order valence-corrected chi connectivity index (χ4v) is 4.65. The molecule has 2 aromatic rings. The van der Waals surface area contributed by atoms with Crippen molar-refractivity contribution < 1.29 is 19.8 Å². The van der Waals surface area contributed by atoms with E-state index >= 15 is 0 Å². The summed E-state index contributed by atoms with van der Waals surface area (Å²) in [5, 5.41) is 21.5. The predicted molar refractivity (Wildman–Crippen MR) is 122 cm³/mol. The van der Waals surface area contributed by atoms with Crippen LogP contribution in [0.4, 0.5) is 0 Å². The van der Waals surface area contributed by atoms with Crippen molar-refractivity contribution in [1.29, 1.82) is 0 Å². The predicted octanol–water partition coefficient (Wildman–Crippen LogP) is 3.89. The van der Waals surface area contributed by atoms with Crippen molar-refractivity contribution in [2.75, 3.05) is 18.1 Å². The second-order valence-electron chi connectivity index (χ2n) is 7.64. The molecule has 6 heteroatoms. The average molecular weight is 428 g/mol. The lowest BCUT2D eigenvalue weighted by Gasteiger charge is -2.22. The lowest BCUT2D eigenvalue weighted by Crippen LogP contribution is -2.34. The van der Waals surface area contributed by atoms with Crippen molar-refractivity contribution in [2.24, 2.45) is 0 Å². The zero-order valence-electron chi connectivity index (χ0n) is 17.1. The van der Waals surface area contributed by atoms with Crippen LogP contribution in [0.1, 0.15) is 31.2 Å². The Kier molecular flexibility index (Phi) is 8.34. The number of carboxylic acids is 1. The smallest absolute Gasteiger partial charge is 0.303 e. The van der Waals surface area contributed by atoms with Crippen LogP contribution in [-0.2, 0) is 16.0 Å². The highest BCUT2D eigenvalue weighted by atomic mass is 32.2. The van der Waals surface area contributed by atoms with E-state index in [9.17, 15) is 14.7 Å². The molecule has 1 fully saturated rings. The number of hydrogen-bond donors (Lipinski definition) is 2. The van der Waals surface area contributed by atoms with E-state index in [1.54, 1.807) is 11.8 Å². The van der Waals surface area contributed by atoms with E-state index in [4.69, 9.17) is 5.11 Å². The maximum atomic E-state index is 12.2. The number of fused-ring (bicyclic) bond motifs is 1. The number of aliphatic carboxylic acids is 1. The minimum Gasteiger partial charge on any atom is -0.481 e. The van der Waals surface area contributed by atoms with Gasteiger partial charge < -0.3 is 15.1 Å². The molecule has 1 saturated heterocycles. The molecular formula is C24H29NO4S. The second-order valence-corrected chi connectivity index (χ2v) is 8.87. The summed E-state index contributed by atoms with van der Waals surface area (Å²) >= 11 is 1.68. The molecule has 2 atom stereocenters. The lowest BCUT2D eigenvalue weighted by molar-refractivity contribution is -0.137. The van der Waals surface area contributed by atoms with Crippen LogP contribution in [0, 0.1) is 0 Å². The first-order valence-corrected chi connectivity index (χ1v) is 11.6. The van der Waals surface area contributed by atoms with Crippen LogP contribution < -0.4 is 0 Å². The number of nitrogens with zero attached hydrogens (tertiary/aromatic N) is 1. The zero-order chi connectivity index (χ0) is 21.3. The van der Waals surface area contributed by atoms with Gasteiger partial charge in [-0.15, -0.1) is 0 Å². The molecule has 0 saturated carbocycles. The molecule has 0 unspecified atom stereocenters. The fraction of sp³-hybridized carbons (Fsp3) is 0.417. The summed E-state index contributed by atoms with van der Waals surface area (Å²) in [6.07, 6.45) is 5.89. The number of thioether (sulfide) groups is 1. The van der Waals surface area contributed by atoms with Gasteiger partial charge in [-0.1, -0.05) is 54.6 Å². The Morgan fingerprint density at radius 1 is 1.20 bits per heavy atom. The topological polar surface area (TPSA) is 77.8 Å². The monoisotopic (exact) mass is 427 g/mol. The van der Waals surface area contributed by atoms with Crippen LogP contribution in [0.5, 0.6) is 0 Å². The van der Waals surface area contributed by atoms with E-state index in [1.807, 2.05) is 35.3 Å². The summed E-state index contributed by atoms with van der Waals surface area (Å²) in [4.78, 5) is 24.6. The van der Waals surface area contributed by atoms with Gasteiger partial charge in [-0.3, -0.25) is 9.59 Å². The number of aliphatic hydroxyl groups excluding tert-OH is 1. The molecular weight excluding hydrogens is 398 g/mol. The lowest BCUT2D eigenvalue weighted by atomic mass is 10.0. The summed E-state index contributed by atoms with van der Waals surface area (Å²) in [5.74, 6) is 0.979. The number of hydrogen-bond acceptors (Lipinski definition) is 4. The molecule has 160 valence electrons. The van der Waals surface area contributed by atoms with Crippen LogP contribution in [0.15, 0.2) is 54.6 Å².